The zero-order valence-electron chi connectivity index (χ0n) is 14.6. The van der Waals surface area contributed by atoms with Crippen LogP contribution in [0.2, 0.25) is 0 Å². The van der Waals surface area contributed by atoms with Gasteiger partial charge in [-0.3, -0.25) is 4.79 Å². The van der Waals surface area contributed by atoms with Gasteiger partial charge in [-0.2, -0.15) is 5.10 Å². The molecule has 0 bridgehead atoms. The topological polar surface area (TPSA) is 101 Å². The predicted molar refractivity (Wildman–Crippen MR) is 103 cm³/mol. The van der Waals surface area contributed by atoms with E-state index in [0.717, 1.165) is 0 Å². The lowest BCUT2D eigenvalue weighted by Gasteiger charge is -2.03. The number of carbonyl (C=O) groups is 2. The number of benzene rings is 2. The van der Waals surface area contributed by atoms with Crippen molar-refractivity contribution < 1.29 is 23.8 Å². The Bertz CT molecular complexity index is 1020. The summed E-state index contributed by atoms with van der Waals surface area (Å²) >= 11 is 0. The molecule has 0 spiro atoms. The molecule has 0 atom stereocenters. The maximum Gasteiger partial charge on any atom is 0.336 e. The molecule has 1 heterocycles. The first-order valence-electron chi connectivity index (χ1n) is 8.27. The number of carbonyl (C=O) groups excluding carboxylic acids is 2. The van der Waals surface area contributed by atoms with E-state index in [1.165, 1.54) is 36.8 Å². The van der Waals surface area contributed by atoms with E-state index in [2.05, 4.69) is 10.5 Å². The van der Waals surface area contributed by atoms with E-state index < -0.39 is 11.9 Å². The second kappa shape index (κ2) is 9.00. The lowest BCUT2D eigenvalue weighted by Crippen LogP contribution is -2.17. The number of esters is 1. The standard InChI is InChI=1S/C21H16N2O5/c24-19-9-2-1-8-18(19)21(26)23-22-14-15-5-3-6-17(13-15)28-20(25)11-10-16-7-4-12-27-16/h1-14,24H,(H,23,26)/b11-10+,22-14+. The minimum atomic E-state index is -0.557. The fourth-order valence-electron chi connectivity index (χ4n) is 2.24. The van der Waals surface area contributed by atoms with Gasteiger partial charge in [-0.15, -0.1) is 0 Å². The minimum absolute atomic E-state index is 0.116. The molecule has 0 unspecified atom stereocenters. The molecule has 0 radical (unpaired) electrons. The molecule has 7 nitrogen and oxygen atoms in total. The molecule has 0 aliphatic carbocycles. The van der Waals surface area contributed by atoms with Crippen molar-refractivity contribution in [3.63, 3.8) is 0 Å². The van der Waals surface area contributed by atoms with Crippen LogP contribution in [0.1, 0.15) is 21.7 Å². The van der Waals surface area contributed by atoms with Gasteiger partial charge in [0.15, 0.2) is 0 Å². The summed E-state index contributed by atoms with van der Waals surface area (Å²) in [5.41, 5.74) is 3.05. The van der Waals surface area contributed by atoms with Gasteiger partial charge in [-0.1, -0.05) is 24.3 Å². The van der Waals surface area contributed by atoms with Crippen LogP contribution in [0.3, 0.4) is 0 Å². The Balaban J connectivity index is 1.58. The largest absolute Gasteiger partial charge is 0.507 e. The second-order valence-electron chi connectivity index (χ2n) is 5.56. The van der Waals surface area contributed by atoms with E-state index in [1.54, 1.807) is 48.5 Å². The lowest BCUT2D eigenvalue weighted by molar-refractivity contribution is -0.128. The summed E-state index contributed by atoms with van der Waals surface area (Å²) in [5.74, 6) is -0.367. The summed E-state index contributed by atoms with van der Waals surface area (Å²) < 4.78 is 10.3. The van der Waals surface area contributed by atoms with Crippen LogP contribution < -0.4 is 10.2 Å². The molecule has 0 aliphatic heterocycles. The fraction of sp³-hybridized carbons (Fsp3) is 0. The summed E-state index contributed by atoms with van der Waals surface area (Å²) in [5, 5.41) is 13.5. The molecule has 28 heavy (non-hydrogen) atoms. The van der Waals surface area contributed by atoms with Crippen LogP contribution in [0.25, 0.3) is 6.08 Å². The molecule has 0 fully saturated rings. The number of phenols is 1. The molecular formula is C21H16N2O5. The molecule has 2 aromatic carbocycles. The van der Waals surface area contributed by atoms with Crippen LogP contribution in [-0.2, 0) is 4.79 Å². The highest BCUT2D eigenvalue weighted by molar-refractivity contribution is 5.97. The second-order valence-corrected chi connectivity index (χ2v) is 5.56. The van der Waals surface area contributed by atoms with E-state index in [0.29, 0.717) is 17.1 Å². The summed E-state index contributed by atoms with van der Waals surface area (Å²) in [4.78, 5) is 23.8. The molecule has 7 heteroatoms. The molecule has 3 aromatic rings. The first kappa shape index (κ1) is 18.7. The van der Waals surface area contributed by atoms with Gasteiger partial charge in [0.2, 0.25) is 0 Å². The van der Waals surface area contributed by atoms with Gasteiger partial charge >= 0.3 is 5.97 Å². The van der Waals surface area contributed by atoms with Crippen LogP contribution in [0.4, 0.5) is 0 Å². The van der Waals surface area contributed by atoms with Crippen LogP contribution in [-0.4, -0.2) is 23.2 Å². The Morgan fingerprint density at radius 1 is 1.07 bits per heavy atom. The van der Waals surface area contributed by atoms with Crippen LogP contribution >= 0.6 is 0 Å². The molecule has 0 saturated carbocycles. The normalized spacial score (nSPS) is 11.0. The van der Waals surface area contributed by atoms with E-state index in [1.807, 2.05) is 0 Å². The average molecular weight is 376 g/mol. The smallest absolute Gasteiger partial charge is 0.336 e. The summed E-state index contributed by atoms with van der Waals surface area (Å²) in [6.07, 6.45) is 5.66. The van der Waals surface area contributed by atoms with E-state index >= 15 is 0 Å². The van der Waals surface area contributed by atoms with Crippen LogP contribution in [0.5, 0.6) is 11.5 Å². The number of furan rings is 1. The highest BCUT2D eigenvalue weighted by Crippen LogP contribution is 2.15. The molecule has 3 rings (SSSR count). The number of aromatic hydroxyl groups is 1. The number of amides is 1. The lowest BCUT2D eigenvalue weighted by atomic mass is 10.2. The number of hydrogen-bond donors (Lipinski definition) is 2. The number of nitrogens with zero attached hydrogens (tertiary/aromatic N) is 1. The number of hydrazone groups is 1. The van der Waals surface area contributed by atoms with Crippen LogP contribution in [0.15, 0.2) is 82.5 Å². The van der Waals surface area contributed by atoms with E-state index in [-0.39, 0.29) is 11.3 Å². The zero-order chi connectivity index (χ0) is 19.8. The van der Waals surface area contributed by atoms with Crippen molar-refractivity contribution in [3.8, 4) is 11.5 Å². The maximum absolute atomic E-state index is 12.0. The Morgan fingerprint density at radius 3 is 2.71 bits per heavy atom. The quantitative estimate of drug-likeness (QED) is 0.226. The molecular weight excluding hydrogens is 360 g/mol. The van der Waals surface area contributed by atoms with Crippen molar-refractivity contribution >= 4 is 24.2 Å². The molecule has 0 aliphatic rings. The van der Waals surface area contributed by atoms with Gasteiger partial charge in [-0.25, -0.2) is 10.2 Å². The third-order valence-electron chi connectivity index (χ3n) is 3.53. The van der Waals surface area contributed by atoms with Crippen molar-refractivity contribution in [1.82, 2.24) is 5.43 Å². The van der Waals surface area contributed by atoms with Crippen molar-refractivity contribution in [2.45, 2.75) is 0 Å². The Labute approximate surface area is 160 Å². The molecule has 140 valence electrons. The SMILES string of the molecule is O=C(/C=C/c1ccco1)Oc1cccc(/C=N/NC(=O)c2ccccc2O)c1. The van der Waals surface area contributed by atoms with Crippen LogP contribution in [0, 0.1) is 0 Å². The summed E-state index contributed by atoms with van der Waals surface area (Å²) in [7, 11) is 0. The number of para-hydroxylation sites is 1. The third-order valence-corrected chi connectivity index (χ3v) is 3.53. The minimum Gasteiger partial charge on any atom is -0.507 e. The van der Waals surface area contributed by atoms with E-state index in [4.69, 9.17) is 9.15 Å². The number of ether oxygens (including phenoxy) is 1. The number of phenolic OH excluding ortho intramolecular Hbond substituents is 1. The van der Waals surface area contributed by atoms with Crippen molar-refractivity contribution in [3.05, 3.63) is 89.9 Å². The molecule has 1 amide bonds. The predicted octanol–water partition coefficient (Wildman–Crippen LogP) is 3.37. The number of nitrogens with one attached hydrogen (secondary N) is 1. The fourth-order valence-corrected chi connectivity index (χ4v) is 2.24. The van der Waals surface area contributed by atoms with Gasteiger partial charge in [0.25, 0.3) is 5.91 Å². The highest BCUT2D eigenvalue weighted by atomic mass is 16.5. The monoisotopic (exact) mass is 376 g/mol. The number of hydrogen-bond acceptors (Lipinski definition) is 6. The Morgan fingerprint density at radius 2 is 1.93 bits per heavy atom. The van der Waals surface area contributed by atoms with Gasteiger partial charge in [-0.05, 0) is 48.0 Å². The maximum atomic E-state index is 12.0. The molecule has 2 N–H and O–H groups in total. The van der Waals surface area contributed by atoms with Gasteiger partial charge in [0.1, 0.15) is 17.3 Å². The van der Waals surface area contributed by atoms with Crippen molar-refractivity contribution in [2.24, 2.45) is 5.10 Å². The van der Waals surface area contributed by atoms with Gasteiger partial charge in [0, 0.05) is 6.08 Å². The third kappa shape index (κ3) is 5.18. The number of rotatable bonds is 6. The average Bonchev–Trinajstić information content (AvgIpc) is 3.21. The highest BCUT2D eigenvalue weighted by Gasteiger charge is 2.08. The first-order chi connectivity index (χ1) is 13.6. The zero-order valence-corrected chi connectivity index (χ0v) is 14.6. The van der Waals surface area contributed by atoms with Crippen molar-refractivity contribution in [2.75, 3.05) is 0 Å². The van der Waals surface area contributed by atoms with Gasteiger partial charge in [0.05, 0.1) is 18.0 Å². The summed E-state index contributed by atoms with van der Waals surface area (Å²) in [6.45, 7) is 0. The summed E-state index contributed by atoms with van der Waals surface area (Å²) in [6, 6.07) is 16.2. The molecule has 1 aromatic heterocycles. The van der Waals surface area contributed by atoms with E-state index in [9.17, 15) is 14.7 Å². The van der Waals surface area contributed by atoms with Gasteiger partial charge < -0.3 is 14.3 Å². The molecule has 0 saturated heterocycles. The Kier molecular flexibility index (Phi) is 5.99. The Hall–Kier alpha value is -4.13. The first-order valence-corrected chi connectivity index (χ1v) is 8.27. The van der Waals surface area contributed by atoms with Crippen molar-refractivity contribution in [1.29, 1.82) is 0 Å².